The van der Waals surface area contributed by atoms with Gasteiger partial charge in [0.1, 0.15) is 5.69 Å². The van der Waals surface area contributed by atoms with Crippen LogP contribution in [0.2, 0.25) is 0 Å². The van der Waals surface area contributed by atoms with Crippen LogP contribution in [-0.4, -0.2) is 20.0 Å². The molecule has 0 aliphatic rings. The molecule has 0 aliphatic carbocycles. The van der Waals surface area contributed by atoms with Crippen molar-refractivity contribution in [2.75, 3.05) is 0 Å². The molecule has 4 heteroatoms. The van der Waals surface area contributed by atoms with Crippen LogP contribution in [0.4, 0.5) is 0 Å². The van der Waals surface area contributed by atoms with E-state index in [9.17, 15) is 0 Å². The van der Waals surface area contributed by atoms with Crippen molar-refractivity contribution in [2.45, 2.75) is 19.9 Å². The molecule has 0 fully saturated rings. The first kappa shape index (κ1) is 10.5. The van der Waals surface area contributed by atoms with Gasteiger partial charge in [-0.05, 0) is 25.0 Å². The average molecular weight is 214 g/mol. The Hall–Kier alpha value is -1.97. The summed E-state index contributed by atoms with van der Waals surface area (Å²) in [4.78, 5) is 4.14. The topological polar surface area (TPSA) is 43.6 Å². The lowest BCUT2D eigenvalue weighted by molar-refractivity contribution is 0.597. The second-order valence-corrected chi connectivity index (χ2v) is 3.70. The first-order valence-electron chi connectivity index (χ1n) is 5.22. The highest BCUT2D eigenvalue weighted by atomic mass is 15.4. The molecule has 0 aromatic carbocycles. The minimum Gasteiger partial charge on any atom is -0.264 e. The predicted molar refractivity (Wildman–Crippen MR) is 62.8 cm³/mol. The Morgan fingerprint density at radius 3 is 3.06 bits per heavy atom. The van der Waals surface area contributed by atoms with E-state index in [1.54, 1.807) is 6.20 Å². The summed E-state index contributed by atoms with van der Waals surface area (Å²) in [6, 6.07) is 2.05. The molecule has 4 nitrogen and oxygen atoms in total. The van der Waals surface area contributed by atoms with E-state index in [4.69, 9.17) is 0 Å². The molecule has 0 amide bonds. The molecular weight excluding hydrogens is 200 g/mol. The van der Waals surface area contributed by atoms with Crippen molar-refractivity contribution >= 4 is 0 Å². The Balaban J connectivity index is 2.21. The summed E-state index contributed by atoms with van der Waals surface area (Å²) in [5, 5.41) is 8.17. The smallest absolute Gasteiger partial charge is 0.114 e. The van der Waals surface area contributed by atoms with Crippen LogP contribution >= 0.6 is 0 Å². The third kappa shape index (κ3) is 2.34. The van der Waals surface area contributed by atoms with E-state index in [1.807, 2.05) is 30.1 Å². The van der Waals surface area contributed by atoms with Gasteiger partial charge in [0.05, 0.1) is 6.20 Å². The van der Waals surface area contributed by atoms with Gasteiger partial charge in [0.2, 0.25) is 0 Å². The van der Waals surface area contributed by atoms with Gasteiger partial charge in [-0.2, -0.15) is 0 Å². The molecule has 82 valence electrons. The lowest BCUT2D eigenvalue weighted by atomic mass is 10.2. The second kappa shape index (κ2) is 4.70. The van der Waals surface area contributed by atoms with Crippen molar-refractivity contribution in [1.82, 2.24) is 20.0 Å². The first-order chi connectivity index (χ1) is 7.79. The van der Waals surface area contributed by atoms with Crippen molar-refractivity contribution < 1.29 is 0 Å². The van der Waals surface area contributed by atoms with Crippen molar-refractivity contribution in [3.8, 4) is 11.3 Å². The number of allylic oxidation sites excluding steroid dienone is 1. The Labute approximate surface area is 94.6 Å². The van der Waals surface area contributed by atoms with Crippen molar-refractivity contribution in [2.24, 2.45) is 0 Å². The molecule has 2 aromatic heterocycles. The highest BCUT2D eigenvalue weighted by molar-refractivity contribution is 5.56. The van der Waals surface area contributed by atoms with Gasteiger partial charge in [0.25, 0.3) is 0 Å². The van der Waals surface area contributed by atoms with Gasteiger partial charge in [-0.1, -0.05) is 11.3 Å². The van der Waals surface area contributed by atoms with Crippen LogP contribution in [0.25, 0.3) is 11.3 Å². The quantitative estimate of drug-likeness (QED) is 0.733. The van der Waals surface area contributed by atoms with E-state index in [-0.39, 0.29) is 0 Å². The fourth-order valence-corrected chi connectivity index (χ4v) is 1.46. The molecule has 0 bridgehead atoms. The van der Waals surface area contributed by atoms with Crippen molar-refractivity contribution in [3.05, 3.63) is 42.9 Å². The standard InChI is InChI=1S/C12H14N4/c1-3-4-5-16-9-12(14-15-16)11-6-10(2)7-13-8-11/h3,6-9H,1,4-5H2,2H3. The highest BCUT2D eigenvalue weighted by Gasteiger charge is 2.03. The Morgan fingerprint density at radius 2 is 2.31 bits per heavy atom. The van der Waals surface area contributed by atoms with Gasteiger partial charge < -0.3 is 0 Å². The summed E-state index contributed by atoms with van der Waals surface area (Å²) < 4.78 is 1.82. The zero-order valence-corrected chi connectivity index (χ0v) is 9.30. The van der Waals surface area contributed by atoms with Crippen LogP contribution < -0.4 is 0 Å². The SMILES string of the molecule is C=CCCn1cc(-c2cncc(C)c2)nn1. The van der Waals surface area contributed by atoms with Crippen molar-refractivity contribution in [3.63, 3.8) is 0 Å². The van der Waals surface area contributed by atoms with E-state index >= 15 is 0 Å². The number of hydrogen-bond acceptors (Lipinski definition) is 3. The van der Waals surface area contributed by atoms with E-state index in [1.165, 1.54) is 0 Å². The molecule has 0 unspecified atom stereocenters. The van der Waals surface area contributed by atoms with E-state index < -0.39 is 0 Å². The molecule has 2 rings (SSSR count). The molecule has 16 heavy (non-hydrogen) atoms. The summed E-state index contributed by atoms with van der Waals surface area (Å²) in [7, 11) is 0. The van der Waals surface area contributed by atoms with E-state index in [2.05, 4.69) is 27.9 Å². The lowest BCUT2D eigenvalue weighted by Crippen LogP contribution is -1.96. The molecule has 0 N–H and O–H groups in total. The number of aromatic nitrogens is 4. The van der Waals surface area contributed by atoms with Crippen LogP contribution in [-0.2, 0) is 6.54 Å². The maximum atomic E-state index is 4.14. The minimum absolute atomic E-state index is 0.815. The first-order valence-corrected chi connectivity index (χ1v) is 5.22. The summed E-state index contributed by atoms with van der Waals surface area (Å²) >= 11 is 0. The number of pyridine rings is 1. The third-order valence-corrected chi connectivity index (χ3v) is 2.27. The molecule has 0 saturated carbocycles. The minimum atomic E-state index is 0.815. The Morgan fingerprint density at radius 1 is 1.44 bits per heavy atom. The number of rotatable bonds is 4. The normalized spacial score (nSPS) is 10.3. The Bertz CT molecular complexity index is 487. The molecule has 0 atom stereocenters. The fourth-order valence-electron chi connectivity index (χ4n) is 1.46. The van der Waals surface area contributed by atoms with E-state index in [0.29, 0.717) is 0 Å². The van der Waals surface area contributed by atoms with Gasteiger partial charge >= 0.3 is 0 Å². The Kier molecular flexibility index (Phi) is 3.10. The van der Waals surface area contributed by atoms with Gasteiger partial charge in [-0.3, -0.25) is 9.67 Å². The largest absolute Gasteiger partial charge is 0.264 e. The summed E-state index contributed by atoms with van der Waals surface area (Å²) in [5.74, 6) is 0. The molecule has 2 heterocycles. The van der Waals surface area contributed by atoms with E-state index in [0.717, 1.165) is 29.8 Å². The molecule has 0 spiro atoms. The average Bonchev–Trinajstić information content (AvgIpc) is 2.75. The van der Waals surface area contributed by atoms with Crippen LogP contribution in [0.1, 0.15) is 12.0 Å². The van der Waals surface area contributed by atoms with Gasteiger partial charge in [-0.25, -0.2) is 0 Å². The number of nitrogens with zero attached hydrogens (tertiary/aromatic N) is 4. The number of hydrogen-bond donors (Lipinski definition) is 0. The predicted octanol–water partition coefficient (Wildman–Crippen LogP) is 2.22. The lowest BCUT2D eigenvalue weighted by Gasteiger charge is -1.96. The highest BCUT2D eigenvalue weighted by Crippen LogP contribution is 2.15. The summed E-state index contributed by atoms with van der Waals surface area (Å²) in [6.45, 7) is 6.51. The molecule has 0 aliphatic heterocycles. The van der Waals surface area contributed by atoms with Crippen LogP contribution in [0.3, 0.4) is 0 Å². The fraction of sp³-hybridized carbons (Fsp3) is 0.250. The summed E-state index contributed by atoms with van der Waals surface area (Å²) in [5.41, 5.74) is 2.99. The van der Waals surface area contributed by atoms with Gasteiger partial charge in [0, 0.05) is 24.5 Å². The van der Waals surface area contributed by atoms with Crippen LogP contribution in [0.5, 0.6) is 0 Å². The maximum absolute atomic E-state index is 4.14. The zero-order chi connectivity index (χ0) is 11.4. The number of aryl methyl sites for hydroxylation is 2. The molecular formula is C12H14N4. The van der Waals surface area contributed by atoms with Gasteiger partial charge in [-0.15, -0.1) is 11.7 Å². The third-order valence-electron chi connectivity index (χ3n) is 2.27. The molecule has 0 saturated heterocycles. The molecule has 0 radical (unpaired) electrons. The monoisotopic (exact) mass is 214 g/mol. The summed E-state index contributed by atoms with van der Waals surface area (Å²) in [6.07, 6.45) is 8.32. The molecule has 2 aromatic rings. The van der Waals surface area contributed by atoms with Crippen molar-refractivity contribution in [1.29, 1.82) is 0 Å². The van der Waals surface area contributed by atoms with Crippen LogP contribution in [0, 0.1) is 6.92 Å². The zero-order valence-electron chi connectivity index (χ0n) is 9.30. The maximum Gasteiger partial charge on any atom is 0.114 e. The second-order valence-electron chi connectivity index (χ2n) is 3.70. The van der Waals surface area contributed by atoms with Gasteiger partial charge in [0.15, 0.2) is 0 Å². The van der Waals surface area contributed by atoms with Crippen LogP contribution in [0.15, 0.2) is 37.3 Å².